The number of amidine groups is 1. The minimum Gasteiger partial charge on any atom is -0.493 e. The SMILES string of the molecule is COc1cc(C(=N)N)cc(OC)c1OC.Cl. The fourth-order valence-corrected chi connectivity index (χ4v) is 1.24. The molecule has 5 nitrogen and oxygen atoms in total. The third kappa shape index (κ3) is 2.70. The van der Waals surface area contributed by atoms with Gasteiger partial charge in [-0.15, -0.1) is 12.4 Å². The molecule has 0 atom stereocenters. The van der Waals surface area contributed by atoms with Crippen LogP contribution in [0.5, 0.6) is 17.2 Å². The van der Waals surface area contributed by atoms with E-state index >= 15 is 0 Å². The molecule has 0 saturated carbocycles. The highest BCUT2D eigenvalue weighted by molar-refractivity contribution is 5.96. The van der Waals surface area contributed by atoms with Crippen LogP contribution >= 0.6 is 12.4 Å². The van der Waals surface area contributed by atoms with Crippen molar-refractivity contribution in [3.63, 3.8) is 0 Å². The number of methoxy groups -OCH3 is 3. The van der Waals surface area contributed by atoms with Crippen molar-refractivity contribution in [1.82, 2.24) is 0 Å². The van der Waals surface area contributed by atoms with Crippen LogP contribution in [0.1, 0.15) is 5.56 Å². The number of ether oxygens (including phenoxy) is 3. The number of rotatable bonds is 4. The van der Waals surface area contributed by atoms with Crippen LogP contribution in [0.15, 0.2) is 12.1 Å². The van der Waals surface area contributed by atoms with Crippen molar-refractivity contribution in [2.45, 2.75) is 0 Å². The number of nitrogen functional groups attached to an aromatic ring is 1. The maximum Gasteiger partial charge on any atom is 0.203 e. The molecule has 0 fully saturated rings. The molecule has 0 aromatic heterocycles. The molecule has 0 radical (unpaired) electrons. The van der Waals surface area contributed by atoms with Crippen molar-refractivity contribution in [3.8, 4) is 17.2 Å². The predicted molar refractivity (Wildman–Crippen MR) is 64.4 cm³/mol. The van der Waals surface area contributed by atoms with E-state index in [1.54, 1.807) is 12.1 Å². The van der Waals surface area contributed by atoms with Crippen molar-refractivity contribution in [3.05, 3.63) is 17.7 Å². The molecule has 1 aromatic carbocycles. The van der Waals surface area contributed by atoms with Gasteiger partial charge in [0.2, 0.25) is 5.75 Å². The van der Waals surface area contributed by atoms with Crippen LogP contribution in [0, 0.1) is 5.41 Å². The van der Waals surface area contributed by atoms with E-state index in [1.165, 1.54) is 21.3 Å². The first-order valence-corrected chi connectivity index (χ1v) is 4.28. The summed E-state index contributed by atoms with van der Waals surface area (Å²) in [6.45, 7) is 0. The fraction of sp³-hybridized carbons (Fsp3) is 0.300. The molecule has 0 aliphatic rings. The predicted octanol–water partition coefficient (Wildman–Crippen LogP) is 1.42. The summed E-state index contributed by atoms with van der Waals surface area (Å²) in [4.78, 5) is 0. The van der Waals surface area contributed by atoms with Gasteiger partial charge in [0.25, 0.3) is 0 Å². The third-order valence-electron chi connectivity index (χ3n) is 1.98. The van der Waals surface area contributed by atoms with Crippen LogP contribution in [-0.4, -0.2) is 27.2 Å². The van der Waals surface area contributed by atoms with E-state index < -0.39 is 0 Å². The molecule has 6 heteroatoms. The van der Waals surface area contributed by atoms with Gasteiger partial charge < -0.3 is 19.9 Å². The van der Waals surface area contributed by atoms with Crippen LogP contribution in [0.2, 0.25) is 0 Å². The van der Waals surface area contributed by atoms with Gasteiger partial charge >= 0.3 is 0 Å². The van der Waals surface area contributed by atoms with E-state index in [-0.39, 0.29) is 18.2 Å². The quantitative estimate of drug-likeness (QED) is 0.622. The first-order valence-electron chi connectivity index (χ1n) is 4.28. The highest BCUT2D eigenvalue weighted by Crippen LogP contribution is 2.37. The summed E-state index contributed by atoms with van der Waals surface area (Å²) in [7, 11) is 4.55. The molecule has 0 aliphatic heterocycles. The molecule has 1 aromatic rings. The minimum absolute atomic E-state index is 0. The lowest BCUT2D eigenvalue weighted by atomic mass is 10.1. The maximum atomic E-state index is 7.33. The van der Waals surface area contributed by atoms with E-state index in [2.05, 4.69) is 0 Å². The summed E-state index contributed by atoms with van der Waals surface area (Å²) in [6.07, 6.45) is 0. The Kier molecular flexibility index (Phi) is 5.46. The Morgan fingerprint density at radius 1 is 1.06 bits per heavy atom. The highest BCUT2D eigenvalue weighted by atomic mass is 35.5. The van der Waals surface area contributed by atoms with Crippen molar-refractivity contribution >= 4 is 18.2 Å². The topological polar surface area (TPSA) is 77.6 Å². The summed E-state index contributed by atoms with van der Waals surface area (Å²) >= 11 is 0. The average Bonchev–Trinajstić information content (AvgIpc) is 2.26. The smallest absolute Gasteiger partial charge is 0.203 e. The molecule has 0 unspecified atom stereocenters. The van der Waals surface area contributed by atoms with Gasteiger partial charge in [-0.3, -0.25) is 5.41 Å². The summed E-state index contributed by atoms with van der Waals surface area (Å²) in [6, 6.07) is 3.26. The highest BCUT2D eigenvalue weighted by Gasteiger charge is 2.13. The zero-order chi connectivity index (χ0) is 11.4. The molecule has 0 aliphatic carbocycles. The molecular weight excluding hydrogens is 232 g/mol. The summed E-state index contributed by atoms with van der Waals surface area (Å²) in [5.74, 6) is 1.42. The summed E-state index contributed by atoms with van der Waals surface area (Å²) in [5, 5.41) is 7.33. The van der Waals surface area contributed by atoms with Crippen molar-refractivity contribution in [1.29, 1.82) is 5.41 Å². The molecule has 3 N–H and O–H groups in total. The van der Waals surface area contributed by atoms with Crippen LogP contribution < -0.4 is 19.9 Å². The molecule has 0 heterocycles. The second kappa shape index (κ2) is 6.07. The lowest BCUT2D eigenvalue weighted by Gasteiger charge is -2.13. The summed E-state index contributed by atoms with van der Waals surface area (Å²) < 4.78 is 15.4. The number of halogens is 1. The molecule has 0 bridgehead atoms. The zero-order valence-corrected chi connectivity index (χ0v) is 10.2. The van der Waals surface area contributed by atoms with Gasteiger partial charge in [-0.25, -0.2) is 0 Å². The lowest BCUT2D eigenvalue weighted by Crippen LogP contribution is -2.11. The van der Waals surface area contributed by atoms with Gasteiger partial charge in [-0.2, -0.15) is 0 Å². The van der Waals surface area contributed by atoms with Crippen molar-refractivity contribution in [2.75, 3.05) is 21.3 Å². The Bertz CT molecular complexity index is 357. The van der Waals surface area contributed by atoms with E-state index in [0.29, 0.717) is 22.8 Å². The summed E-state index contributed by atoms with van der Waals surface area (Å²) in [5.41, 5.74) is 5.92. The number of nitrogens with two attached hydrogens (primary N) is 1. The molecular formula is C10H15ClN2O3. The minimum atomic E-state index is -0.0470. The van der Waals surface area contributed by atoms with Crippen LogP contribution in [-0.2, 0) is 0 Å². The standard InChI is InChI=1S/C10H14N2O3.ClH/c1-13-7-4-6(10(11)12)5-8(14-2)9(7)15-3;/h4-5H,1-3H3,(H3,11,12);1H. The Morgan fingerprint density at radius 3 is 1.75 bits per heavy atom. The Labute approximate surface area is 100 Å². The number of benzene rings is 1. The first kappa shape index (κ1) is 14.4. The second-order valence-electron chi connectivity index (χ2n) is 2.83. The van der Waals surface area contributed by atoms with Gasteiger partial charge in [-0.1, -0.05) is 0 Å². The van der Waals surface area contributed by atoms with E-state index in [9.17, 15) is 0 Å². The van der Waals surface area contributed by atoms with E-state index in [4.69, 9.17) is 25.4 Å². The van der Waals surface area contributed by atoms with Crippen LogP contribution in [0.3, 0.4) is 0 Å². The fourth-order valence-electron chi connectivity index (χ4n) is 1.24. The molecule has 16 heavy (non-hydrogen) atoms. The molecule has 0 spiro atoms. The molecule has 0 saturated heterocycles. The van der Waals surface area contributed by atoms with Crippen molar-refractivity contribution < 1.29 is 14.2 Å². The lowest BCUT2D eigenvalue weighted by molar-refractivity contribution is 0.324. The van der Waals surface area contributed by atoms with Crippen molar-refractivity contribution in [2.24, 2.45) is 5.73 Å². The largest absolute Gasteiger partial charge is 0.493 e. The Morgan fingerprint density at radius 2 is 1.50 bits per heavy atom. The molecule has 90 valence electrons. The van der Waals surface area contributed by atoms with Crippen LogP contribution in [0.25, 0.3) is 0 Å². The van der Waals surface area contributed by atoms with Gasteiger partial charge in [0.15, 0.2) is 11.5 Å². The maximum absolute atomic E-state index is 7.33. The second-order valence-corrected chi connectivity index (χ2v) is 2.83. The van der Waals surface area contributed by atoms with Gasteiger partial charge in [-0.05, 0) is 12.1 Å². The Hall–Kier alpha value is -1.62. The molecule has 1 rings (SSSR count). The number of hydrogen-bond acceptors (Lipinski definition) is 4. The average molecular weight is 247 g/mol. The van der Waals surface area contributed by atoms with Gasteiger partial charge in [0, 0.05) is 5.56 Å². The molecule has 0 amide bonds. The van der Waals surface area contributed by atoms with Gasteiger partial charge in [0.05, 0.1) is 21.3 Å². The normalized spacial score (nSPS) is 8.94. The van der Waals surface area contributed by atoms with Crippen LogP contribution in [0.4, 0.5) is 0 Å². The zero-order valence-electron chi connectivity index (χ0n) is 9.37. The monoisotopic (exact) mass is 246 g/mol. The third-order valence-corrected chi connectivity index (χ3v) is 1.98. The number of nitrogens with one attached hydrogen (secondary N) is 1. The Balaban J connectivity index is 0.00000225. The van der Waals surface area contributed by atoms with E-state index in [0.717, 1.165) is 0 Å². The first-order chi connectivity index (χ1) is 7.13. The van der Waals surface area contributed by atoms with E-state index in [1.807, 2.05) is 0 Å². The van der Waals surface area contributed by atoms with Gasteiger partial charge in [0.1, 0.15) is 5.84 Å². The number of hydrogen-bond donors (Lipinski definition) is 2.